The monoisotopic (exact) mass is 897 g/mol. The average Bonchev–Trinajstić information content (AvgIpc) is 3.29. The summed E-state index contributed by atoms with van der Waals surface area (Å²) in [7, 11) is 0. The van der Waals surface area contributed by atoms with Crippen LogP contribution in [0.3, 0.4) is 0 Å². The molecule has 0 saturated carbocycles. The molecule has 0 aromatic carbocycles. The highest BCUT2D eigenvalue weighted by Gasteiger charge is 2.19. The van der Waals surface area contributed by atoms with Gasteiger partial charge in [0.1, 0.15) is 13.2 Å². The average molecular weight is 897 g/mol. The predicted octanol–water partition coefficient (Wildman–Crippen LogP) is 18.3. The molecule has 0 aromatic rings. The third-order valence-corrected chi connectivity index (χ3v) is 12.0. The molecule has 0 bridgehead atoms. The number of unbranched alkanes of at least 4 members (excludes halogenated alkanes) is 31. The maximum absolute atomic E-state index is 12.8. The van der Waals surface area contributed by atoms with E-state index in [9.17, 15) is 14.4 Å². The van der Waals surface area contributed by atoms with Gasteiger partial charge in [0.15, 0.2) is 6.10 Å². The number of ether oxygens (including phenoxy) is 3. The fraction of sp³-hybridized carbons (Fsp3) is 0.810. The molecule has 0 rings (SSSR count). The largest absolute Gasteiger partial charge is 0.462 e. The van der Waals surface area contributed by atoms with E-state index in [0.717, 1.165) is 83.5 Å². The Bertz CT molecular complexity index is 1120. The van der Waals surface area contributed by atoms with Crippen molar-refractivity contribution in [1.29, 1.82) is 0 Å². The number of rotatable bonds is 50. The van der Waals surface area contributed by atoms with Gasteiger partial charge in [-0.05, 0) is 96.3 Å². The summed E-state index contributed by atoms with van der Waals surface area (Å²) in [5, 5.41) is 0. The summed E-state index contributed by atoms with van der Waals surface area (Å²) >= 11 is 0. The van der Waals surface area contributed by atoms with E-state index >= 15 is 0 Å². The van der Waals surface area contributed by atoms with Gasteiger partial charge in [0.2, 0.25) is 0 Å². The highest BCUT2D eigenvalue weighted by Crippen LogP contribution is 2.15. The fourth-order valence-corrected chi connectivity index (χ4v) is 7.88. The molecule has 0 spiro atoms. The Morgan fingerprint density at radius 1 is 0.328 bits per heavy atom. The first-order chi connectivity index (χ1) is 31.5. The van der Waals surface area contributed by atoms with Crippen molar-refractivity contribution in [3.05, 3.63) is 48.6 Å². The number of esters is 3. The fourth-order valence-electron chi connectivity index (χ4n) is 7.88. The van der Waals surface area contributed by atoms with Gasteiger partial charge < -0.3 is 14.2 Å². The normalized spacial score (nSPS) is 12.4. The lowest BCUT2D eigenvalue weighted by atomic mass is 10.1. The van der Waals surface area contributed by atoms with Crippen molar-refractivity contribution in [2.24, 2.45) is 0 Å². The van der Waals surface area contributed by atoms with Gasteiger partial charge in [-0.3, -0.25) is 14.4 Å². The zero-order chi connectivity index (χ0) is 46.5. The van der Waals surface area contributed by atoms with Gasteiger partial charge in [-0.25, -0.2) is 0 Å². The molecule has 64 heavy (non-hydrogen) atoms. The van der Waals surface area contributed by atoms with Crippen LogP contribution in [0.15, 0.2) is 48.6 Å². The molecule has 6 nitrogen and oxygen atoms in total. The first kappa shape index (κ1) is 61.4. The lowest BCUT2D eigenvalue weighted by Crippen LogP contribution is -2.30. The zero-order valence-corrected chi connectivity index (χ0v) is 42.6. The van der Waals surface area contributed by atoms with E-state index in [2.05, 4.69) is 69.4 Å². The summed E-state index contributed by atoms with van der Waals surface area (Å²) < 4.78 is 16.8. The van der Waals surface area contributed by atoms with Crippen molar-refractivity contribution in [1.82, 2.24) is 0 Å². The SMILES string of the molecule is CC/C=C\C/C=C\CCCCC(=O)OCC(COC(=O)CCCCCCCCC/C=C\CCCCCCCCCC)OC(=O)CCCCCCC/C=C\CCCCCCCCCCC. The topological polar surface area (TPSA) is 78.9 Å². The second-order valence-corrected chi connectivity index (χ2v) is 18.5. The minimum absolute atomic E-state index is 0.0880. The van der Waals surface area contributed by atoms with Crippen molar-refractivity contribution in [3.8, 4) is 0 Å². The van der Waals surface area contributed by atoms with E-state index in [1.54, 1.807) is 0 Å². The van der Waals surface area contributed by atoms with Gasteiger partial charge in [-0.15, -0.1) is 0 Å². The van der Waals surface area contributed by atoms with Crippen molar-refractivity contribution >= 4 is 17.9 Å². The molecule has 0 saturated heterocycles. The quantitative estimate of drug-likeness (QED) is 0.0262. The Balaban J connectivity index is 4.30. The van der Waals surface area contributed by atoms with Crippen LogP contribution in [0, 0.1) is 0 Å². The van der Waals surface area contributed by atoms with Gasteiger partial charge in [0.05, 0.1) is 0 Å². The maximum atomic E-state index is 12.8. The molecule has 372 valence electrons. The van der Waals surface area contributed by atoms with Crippen molar-refractivity contribution in [3.63, 3.8) is 0 Å². The summed E-state index contributed by atoms with van der Waals surface area (Å²) in [5.41, 5.74) is 0. The minimum Gasteiger partial charge on any atom is -0.462 e. The summed E-state index contributed by atoms with van der Waals surface area (Å²) in [6.07, 6.45) is 64.1. The Hall–Kier alpha value is -2.63. The van der Waals surface area contributed by atoms with Crippen LogP contribution < -0.4 is 0 Å². The maximum Gasteiger partial charge on any atom is 0.306 e. The van der Waals surface area contributed by atoms with Crippen LogP contribution in [0.25, 0.3) is 0 Å². The standard InChI is InChI=1S/C58H104O6/c1-4-7-10-13-16-19-21-23-25-27-29-31-32-34-36-39-42-45-48-51-57(60)63-54-55(53-62-56(59)50-47-44-41-38-18-15-12-9-6-3)64-58(61)52-49-46-43-40-37-35-33-30-28-26-24-22-20-17-14-11-8-5-2/h9,12,18,27,29-30,33,38,55H,4-8,10-11,13-17,19-26,28,31-32,34-37,39-54H2,1-3H3/b12-9-,29-27-,33-30-,38-18-. The molecule has 1 atom stereocenters. The molecule has 6 heteroatoms. The Labute approximate surface area is 397 Å². The third kappa shape index (κ3) is 50.4. The molecule has 1 unspecified atom stereocenters. The molecular formula is C58H104O6. The highest BCUT2D eigenvalue weighted by atomic mass is 16.6. The van der Waals surface area contributed by atoms with E-state index in [-0.39, 0.29) is 31.1 Å². The molecule has 0 amide bonds. The highest BCUT2D eigenvalue weighted by molar-refractivity contribution is 5.71. The van der Waals surface area contributed by atoms with Crippen LogP contribution in [0.2, 0.25) is 0 Å². The van der Waals surface area contributed by atoms with Crippen LogP contribution in [0.1, 0.15) is 284 Å². The lowest BCUT2D eigenvalue weighted by Gasteiger charge is -2.18. The molecule has 0 aliphatic rings. The van der Waals surface area contributed by atoms with Crippen LogP contribution >= 0.6 is 0 Å². The molecule has 0 N–H and O–H groups in total. The van der Waals surface area contributed by atoms with Gasteiger partial charge in [0, 0.05) is 19.3 Å². The number of allylic oxidation sites excluding steroid dienone is 8. The van der Waals surface area contributed by atoms with Crippen molar-refractivity contribution in [2.45, 2.75) is 290 Å². The van der Waals surface area contributed by atoms with E-state index in [1.807, 2.05) is 0 Å². The van der Waals surface area contributed by atoms with E-state index in [1.165, 1.54) is 161 Å². The molecular weight excluding hydrogens is 793 g/mol. The summed E-state index contributed by atoms with van der Waals surface area (Å²) in [5.74, 6) is -0.930. The Morgan fingerprint density at radius 2 is 0.609 bits per heavy atom. The second kappa shape index (κ2) is 53.0. The van der Waals surface area contributed by atoms with Gasteiger partial charge in [-0.1, -0.05) is 217 Å². The van der Waals surface area contributed by atoms with Crippen LogP contribution in [-0.2, 0) is 28.6 Å². The van der Waals surface area contributed by atoms with E-state index < -0.39 is 6.10 Å². The number of carbonyl (C=O) groups excluding carboxylic acids is 3. The number of carbonyl (C=O) groups is 3. The predicted molar refractivity (Wildman–Crippen MR) is 275 cm³/mol. The van der Waals surface area contributed by atoms with Crippen LogP contribution in [0.5, 0.6) is 0 Å². The summed E-state index contributed by atoms with van der Waals surface area (Å²) in [6.45, 7) is 6.50. The lowest BCUT2D eigenvalue weighted by molar-refractivity contribution is -0.167. The van der Waals surface area contributed by atoms with Gasteiger partial charge >= 0.3 is 17.9 Å². The van der Waals surface area contributed by atoms with Gasteiger partial charge in [0.25, 0.3) is 0 Å². The molecule has 0 aliphatic carbocycles. The smallest absolute Gasteiger partial charge is 0.306 e. The second-order valence-electron chi connectivity index (χ2n) is 18.5. The van der Waals surface area contributed by atoms with Crippen LogP contribution in [-0.4, -0.2) is 37.2 Å². The Morgan fingerprint density at radius 3 is 0.984 bits per heavy atom. The van der Waals surface area contributed by atoms with Crippen molar-refractivity contribution in [2.75, 3.05) is 13.2 Å². The number of hydrogen-bond acceptors (Lipinski definition) is 6. The minimum atomic E-state index is -0.790. The molecule has 0 aliphatic heterocycles. The molecule has 0 fully saturated rings. The van der Waals surface area contributed by atoms with Crippen molar-refractivity contribution < 1.29 is 28.6 Å². The van der Waals surface area contributed by atoms with Gasteiger partial charge in [-0.2, -0.15) is 0 Å². The first-order valence-corrected chi connectivity index (χ1v) is 27.6. The molecule has 0 aromatic heterocycles. The molecule has 0 heterocycles. The van der Waals surface area contributed by atoms with E-state index in [4.69, 9.17) is 14.2 Å². The Kier molecular flexibility index (Phi) is 50.8. The molecule has 0 radical (unpaired) electrons. The summed E-state index contributed by atoms with van der Waals surface area (Å²) in [4.78, 5) is 37.9. The zero-order valence-electron chi connectivity index (χ0n) is 42.6. The number of hydrogen-bond donors (Lipinski definition) is 0. The van der Waals surface area contributed by atoms with E-state index in [0.29, 0.717) is 19.3 Å². The first-order valence-electron chi connectivity index (χ1n) is 27.6. The third-order valence-electron chi connectivity index (χ3n) is 12.0. The van der Waals surface area contributed by atoms with Crippen LogP contribution in [0.4, 0.5) is 0 Å². The summed E-state index contributed by atoms with van der Waals surface area (Å²) in [6, 6.07) is 0.